The molecule has 1 aromatic heterocycles. The number of hydrogen-bond acceptors (Lipinski definition) is 7. The molecular weight excluding hydrogens is 510 g/mol. The maximum absolute atomic E-state index is 12.4. The molecule has 1 amide bonds. The van der Waals surface area contributed by atoms with E-state index in [1.165, 1.54) is 115 Å². The van der Waals surface area contributed by atoms with Crippen molar-refractivity contribution in [3.05, 3.63) is 22.7 Å². The number of rotatable bonds is 23. The number of unbranched alkanes of at least 4 members (excludes halogenated alkanes) is 18. The summed E-state index contributed by atoms with van der Waals surface area (Å²) < 4.78 is 6.40. The molecule has 1 fully saturated rings. The zero-order valence-corrected chi connectivity index (χ0v) is 24.8. The number of aliphatic hydroxyl groups is 3. The van der Waals surface area contributed by atoms with E-state index < -0.39 is 36.8 Å². The predicted octanol–water partition coefficient (Wildman–Crippen LogP) is 5.62. The Bertz CT molecular complexity index is 864. The SMILES string of the molecule is CCCCCCCCCCCCCCCCCCCCCC(=O)Nc1ccn([C@@H]2O[C@H](CO)C(O)[C@@H]2O)c(=O)n1. The fourth-order valence-corrected chi connectivity index (χ4v) is 5.36. The number of nitrogens with zero attached hydrogens (tertiary/aromatic N) is 2. The van der Waals surface area contributed by atoms with Crippen molar-refractivity contribution in [1.82, 2.24) is 9.55 Å². The first-order valence-corrected chi connectivity index (χ1v) is 16.0. The van der Waals surface area contributed by atoms with Gasteiger partial charge in [0, 0.05) is 12.6 Å². The van der Waals surface area contributed by atoms with Crippen LogP contribution in [0, 0.1) is 0 Å². The third-order valence-corrected chi connectivity index (χ3v) is 7.90. The van der Waals surface area contributed by atoms with Gasteiger partial charge in [-0.1, -0.05) is 122 Å². The summed E-state index contributed by atoms with van der Waals surface area (Å²) in [5.41, 5.74) is -0.726. The lowest BCUT2D eigenvalue weighted by Crippen LogP contribution is -2.36. The van der Waals surface area contributed by atoms with Crippen LogP contribution in [0.1, 0.15) is 142 Å². The number of aliphatic hydroxyl groups excluding tert-OH is 3. The van der Waals surface area contributed by atoms with Crippen molar-refractivity contribution in [3.63, 3.8) is 0 Å². The van der Waals surface area contributed by atoms with E-state index in [0.29, 0.717) is 6.42 Å². The van der Waals surface area contributed by atoms with E-state index in [-0.39, 0.29) is 11.7 Å². The van der Waals surface area contributed by atoms with Gasteiger partial charge in [0.05, 0.1) is 6.61 Å². The number of carbonyl (C=O) groups excluding carboxylic acids is 1. The molecule has 0 radical (unpaired) electrons. The van der Waals surface area contributed by atoms with Gasteiger partial charge in [-0.2, -0.15) is 4.98 Å². The van der Waals surface area contributed by atoms with Gasteiger partial charge in [-0.3, -0.25) is 9.36 Å². The number of nitrogens with one attached hydrogen (secondary N) is 1. The highest BCUT2D eigenvalue weighted by molar-refractivity contribution is 5.89. The molecule has 4 N–H and O–H groups in total. The average Bonchev–Trinajstić information content (AvgIpc) is 3.23. The summed E-state index contributed by atoms with van der Waals surface area (Å²) in [6.07, 6.45) is 21.7. The highest BCUT2D eigenvalue weighted by atomic mass is 16.6. The van der Waals surface area contributed by atoms with Crippen LogP contribution in [-0.2, 0) is 9.53 Å². The molecule has 4 atom stereocenters. The maximum atomic E-state index is 12.4. The maximum Gasteiger partial charge on any atom is 0.351 e. The molecule has 9 heteroatoms. The molecule has 1 aromatic rings. The van der Waals surface area contributed by atoms with E-state index in [4.69, 9.17) is 4.74 Å². The van der Waals surface area contributed by atoms with Crippen LogP contribution < -0.4 is 11.0 Å². The number of hydrogen-bond donors (Lipinski definition) is 4. The lowest BCUT2D eigenvalue weighted by atomic mass is 10.0. The Labute approximate surface area is 240 Å². The minimum Gasteiger partial charge on any atom is -0.394 e. The van der Waals surface area contributed by atoms with Crippen LogP contribution >= 0.6 is 0 Å². The summed E-state index contributed by atoms with van der Waals surface area (Å²) in [5.74, 6) is -0.0552. The van der Waals surface area contributed by atoms with Gasteiger partial charge in [0.2, 0.25) is 5.91 Å². The number of aromatic nitrogens is 2. The third kappa shape index (κ3) is 13.2. The molecule has 230 valence electrons. The molecule has 2 rings (SSSR count). The summed E-state index contributed by atoms with van der Waals surface area (Å²) in [7, 11) is 0. The second kappa shape index (κ2) is 21.0. The fraction of sp³-hybridized carbons (Fsp3) is 0.839. The lowest BCUT2D eigenvalue weighted by Gasteiger charge is -2.17. The topological polar surface area (TPSA) is 134 Å². The monoisotopic (exact) mass is 565 g/mol. The summed E-state index contributed by atoms with van der Waals surface area (Å²) in [6.45, 7) is 1.79. The van der Waals surface area contributed by atoms with E-state index in [1.807, 2.05) is 0 Å². The number of carbonyl (C=O) groups is 1. The van der Waals surface area contributed by atoms with Crippen LogP contribution in [0.3, 0.4) is 0 Å². The van der Waals surface area contributed by atoms with Gasteiger partial charge in [-0.15, -0.1) is 0 Å². The minimum absolute atomic E-state index is 0.135. The van der Waals surface area contributed by atoms with Gasteiger partial charge in [-0.05, 0) is 12.5 Å². The Kier molecular flexibility index (Phi) is 18.0. The minimum atomic E-state index is -1.37. The Hall–Kier alpha value is -1.81. The molecule has 1 aliphatic heterocycles. The third-order valence-electron chi connectivity index (χ3n) is 7.90. The molecule has 0 aromatic carbocycles. The van der Waals surface area contributed by atoms with Crippen molar-refractivity contribution in [2.45, 2.75) is 160 Å². The fourth-order valence-electron chi connectivity index (χ4n) is 5.36. The Balaban J connectivity index is 1.43. The second-order valence-corrected chi connectivity index (χ2v) is 11.4. The van der Waals surface area contributed by atoms with Gasteiger partial charge in [0.15, 0.2) is 6.23 Å². The largest absolute Gasteiger partial charge is 0.394 e. The first-order chi connectivity index (χ1) is 19.5. The van der Waals surface area contributed by atoms with Gasteiger partial charge < -0.3 is 25.4 Å². The summed E-state index contributed by atoms with van der Waals surface area (Å²) in [5, 5.41) is 31.8. The van der Waals surface area contributed by atoms with Crippen LogP contribution in [-0.4, -0.2) is 55.7 Å². The zero-order valence-electron chi connectivity index (χ0n) is 24.8. The van der Waals surface area contributed by atoms with Crippen molar-refractivity contribution >= 4 is 11.7 Å². The van der Waals surface area contributed by atoms with E-state index in [9.17, 15) is 24.9 Å². The predicted molar refractivity (Wildman–Crippen MR) is 158 cm³/mol. The highest BCUT2D eigenvalue weighted by Crippen LogP contribution is 2.28. The van der Waals surface area contributed by atoms with Crippen molar-refractivity contribution < 1.29 is 24.9 Å². The summed E-state index contributed by atoms with van der Waals surface area (Å²) >= 11 is 0. The average molecular weight is 566 g/mol. The normalized spacial score (nSPS) is 20.7. The first-order valence-electron chi connectivity index (χ1n) is 16.0. The Morgan fingerprint density at radius 3 is 1.73 bits per heavy atom. The molecule has 2 heterocycles. The van der Waals surface area contributed by atoms with Gasteiger partial charge in [0.1, 0.15) is 24.1 Å². The van der Waals surface area contributed by atoms with Crippen LogP contribution in [0.5, 0.6) is 0 Å². The quantitative estimate of drug-likeness (QED) is 0.127. The molecular formula is C31H55N3O6. The van der Waals surface area contributed by atoms with Crippen molar-refractivity contribution in [3.8, 4) is 0 Å². The zero-order chi connectivity index (χ0) is 29.0. The lowest BCUT2D eigenvalue weighted by molar-refractivity contribution is -0.116. The van der Waals surface area contributed by atoms with E-state index in [2.05, 4.69) is 17.2 Å². The smallest absolute Gasteiger partial charge is 0.351 e. The van der Waals surface area contributed by atoms with E-state index >= 15 is 0 Å². The van der Waals surface area contributed by atoms with Crippen LogP contribution in [0.4, 0.5) is 5.82 Å². The van der Waals surface area contributed by atoms with Crippen molar-refractivity contribution in [1.29, 1.82) is 0 Å². The summed E-state index contributed by atoms with van der Waals surface area (Å²) in [4.78, 5) is 28.4. The van der Waals surface area contributed by atoms with Gasteiger partial charge in [0.25, 0.3) is 0 Å². The second-order valence-electron chi connectivity index (χ2n) is 11.4. The molecule has 0 saturated carbocycles. The Morgan fingerprint density at radius 1 is 0.825 bits per heavy atom. The molecule has 0 aliphatic carbocycles. The van der Waals surface area contributed by atoms with Gasteiger partial charge >= 0.3 is 5.69 Å². The van der Waals surface area contributed by atoms with Crippen LogP contribution in [0.2, 0.25) is 0 Å². The van der Waals surface area contributed by atoms with Crippen LogP contribution in [0.15, 0.2) is 17.1 Å². The highest BCUT2D eigenvalue weighted by Gasteiger charge is 2.43. The number of amides is 1. The molecule has 1 unspecified atom stereocenters. The first kappa shape index (κ1) is 34.4. The summed E-state index contributed by atoms with van der Waals surface area (Å²) in [6, 6.07) is 1.45. The Morgan fingerprint density at radius 2 is 1.30 bits per heavy atom. The molecule has 0 spiro atoms. The molecule has 0 bridgehead atoms. The van der Waals surface area contributed by atoms with Crippen molar-refractivity contribution in [2.24, 2.45) is 0 Å². The van der Waals surface area contributed by atoms with E-state index in [0.717, 1.165) is 23.8 Å². The van der Waals surface area contributed by atoms with Gasteiger partial charge in [-0.25, -0.2) is 4.79 Å². The molecule has 9 nitrogen and oxygen atoms in total. The molecule has 40 heavy (non-hydrogen) atoms. The molecule has 1 saturated heterocycles. The molecule has 1 aliphatic rings. The number of ether oxygens (including phenoxy) is 1. The van der Waals surface area contributed by atoms with E-state index in [1.54, 1.807) is 0 Å². The van der Waals surface area contributed by atoms with Crippen LogP contribution in [0.25, 0.3) is 0 Å². The van der Waals surface area contributed by atoms with Crippen molar-refractivity contribution in [2.75, 3.05) is 11.9 Å². The standard InChI is InChI=1S/C31H55N3O6/c1-2-3-4-5-6-7-8-9-10-11-12-13-14-15-16-17-18-19-20-21-27(36)32-26-22-23-34(31(39)33-26)30-29(38)28(37)25(24-35)40-30/h22-23,25,28-30,35,37-38H,2-21,24H2,1H3,(H,32,33,36,39)/t25-,28?,29+,30-/m1/s1. The number of anilines is 1.